The van der Waals surface area contributed by atoms with Gasteiger partial charge < -0.3 is 4.74 Å². The molecule has 0 spiro atoms. The molecule has 0 aliphatic carbocycles. The lowest BCUT2D eigenvalue weighted by molar-refractivity contribution is -0.145. The van der Waals surface area contributed by atoms with Gasteiger partial charge in [-0.2, -0.15) is 0 Å². The zero-order valence-corrected chi connectivity index (χ0v) is 10.2. The molecule has 1 fully saturated rings. The number of carbonyl (C=O) groups excluding carboxylic acids is 2. The lowest BCUT2D eigenvalue weighted by Gasteiger charge is -2.19. The molecule has 90 valence electrons. The maximum absolute atomic E-state index is 11.6. The average molecular weight is 244 g/mol. The predicted molar refractivity (Wildman–Crippen MR) is 61.4 cm³/mol. The SMILES string of the molecule is C=C(C)C(=O)OCC(=O)C1CCS(=O)CC1. The topological polar surface area (TPSA) is 60.4 Å². The normalized spacial score (nSPS) is 24.8. The van der Waals surface area contributed by atoms with Crippen molar-refractivity contribution in [3.05, 3.63) is 12.2 Å². The molecule has 5 heteroatoms. The van der Waals surface area contributed by atoms with Crippen LogP contribution in [0.5, 0.6) is 0 Å². The molecule has 0 bridgehead atoms. The number of hydrogen-bond acceptors (Lipinski definition) is 4. The Kier molecular flexibility index (Phi) is 4.86. The van der Waals surface area contributed by atoms with Crippen LogP contribution >= 0.6 is 0 Å². The monoisotopic (exact) mass is 244 g/mol. The molecule has 0 unspecified atom stereocenters. The number of carbonyl (C=O) groups is 2. The smallest absolute Gasteiger partial charge is 0.333 e. The molecule has 1 saturated heterocycles. The quantitative estimate of drug-likeness (QED) is 0.543. The Bertz CT molecular complexity index is 325. The summed E-state index contributed by atoms with van der Waals surface area (Å²) in [7, 11) is -0.772. The standard InChI is InChI=1S/C11H16O4S/c1-8(2)11(13)15-7-10(12)9-3-5-16(14)6-4-9/h9H,1,3-7H2,2H3. The molecule has 4 nitrogen and oxygen atoms in total. The fourth-order valence-electron chi connectivity index (χ4n) is 1.49. The molecule has 0 atom stereocenters. The minimum atomic E-state index is -0.772. The summed E-state index contributed by atoms with van der Waals surface area (Å²) in [5, 5.41) is 0. The summed E-state index contributed by atoms with van der Waals surface area (Å²) >= 11 is 0. The van der Waals surface area contributed by atoms with Crippen LogP contribution in [0.25, 0.3) is 0 Å². The van der Waals surface area contributed by atoms with Crippen molar-refractivity contribution in [3.63, 3.8) is 0 Å². The number of ketones is 1. The first-order chi connectivity index (χ1) is 7.50. The highest BCUT2D eigenvalue weighted by atomic mass is 32.2. The van der Waals surface area contributed by atoms with Crippen molar-refractivity contribution in [2.45, 2.75) is 19.8 Å². The van der Waals surface area contributed by atoms with E-state index in [4.69, 9.17) is 4.74 Å². The highest BCUT2D eigenvalue weighted by Crippen LogP contribution is 2.17. The third-order valence-electron chi connectivity index (χ3n) is 2.54. The van der Waals surface area contributed by atoms with Crippen molar-refractivity contribution in [3.8, 4) is 0 Å². The molecule has 0 N–H and O–H groups in total. The molecule has 0 saturated carbocycles. The van der Waals surface area contributed by atoms with Gasteiger partial charge in [0.25, 0.3) is 0 Å². The molecule has 0 aromatic carbocycles. The second-order valence-corrected chi connectivity index (χ2v) is 5.64. The second kappa shape index (κ2) is 5.94. The van der Waals surface area contributed by atoms with Crippen molar-refractivity contribution in [2.75, 3.05) is 18.1 Å². The molecular weight excluding hydrogens is 228 g/mol. The van der Waals surface area contributed by atoms with Crippen LogP contribution < -0.4 is 0 Å². The van der Waals surface area contributed by atoms with Gasteiger partial charge in [-0.25, -0.2) is 4.79 Å². The van der Waals surface area contributed by atoms with Crippen LogP contribution in [0, 0.1) is 5.92 Å². The summed E-state index contributed by atoms with van der Waals surface area (Å²) in [6.07, 6.45) is 1.27. The minimum absolute atomic E-state index is 0.0775. The van der Waals surface area contributed by atoms with Crippen LogP contribution in [-0.2, 0) is 25.1 Å². The van der Waals surface area contributed by atoms with Gasteiger partial charge in [-0.3, -0.25) is 9.00 Å². The van der Waals surface area contributed by atoms with Gasteiger partial charge >= 0.3 is 5.97 Å². The number of rotatable bonds is 4. The Morgan fingerprint density at radius 2 is 1.94 bits per heavy atom. The summed E-state index contributed by atoms with van der Waals surface area (Å²) in [5.74, 6) is 0.435. The maximum Gasteiger partial charge on any atom is 0.333 e. The van der Waals surface area contributed by atoms with Crippen molar-refractivity contribution < 1.29 is 18.5 Å². The van der Waals surface area contributed by atoms with E-state index in [9.17, 15) is 13.8 Å². The first-order valence-corrected chi connectivity index (χ1v) is 6.70. The van der Waals surface area contributed by atoms with E-state index in [2.05, 4.69) is 6.58 Å². The molecule has 0 aromatic rings. The fraction of sp³-hybridized carbons (Fsp3) is 0.636. The van der Waals surface area contributed by atoms with Gasteiger partial charge in [0.2, 0.25) is 0 Å². The molecule has 1 aliphatic heterocycles. The Labute approximate surface area is 97.5 Å². The van der Waals surface area contributed by atoms with Crippen LogP contribution in [0.2, 0.25) is 0 Å². The van der Waals surface area contributed by atoms with E-state index in [1.54, 1.807) is 0 Å². The summed E-state index contributed by atoms with van der Waals surface area (Å²) in [5.41, 5.74) is 0.289. The molecule has 0 amide bonds. The Hall–Kier alpha value is -0.970. The van der Waals surface area contributed by atoms with Crippen molar-refractivity contribution >= 4 is 22.6 Å². The number of Topliss-reactive ketones (excluding diaryl/α,β-unsaturated/α-hetero) is 1. The second-order valence-electron chi connectivity index (χ2n) is 3.95. The van der Waals surface area contributed by atoms with E-state index >= 15 is 0 Å². The third kappa shape index (κ3) is 3.89. The largest absolute Gasteiger partial charge is 0.454 e. The molecule has 1 rings (SSSR count). The number of esters is 1. The zero-order chi connectivity index (χ0) is 12.1. The van der Waals surface area contributed by atoms with Gasteiger partial charge in [0, 0.05) is 33.8 Å². The number of ether oxygens (including phenoxy) is 1. The first-order valence-electron chi connectivity index (χ1n) is 5.21. The van der Waals surface area contributed by atoms with Crippen LogP contribution in [0.3, 0.4) is 0 Å². The van der Waals surface area contributed by atoms with Gasteiger partial charge in [-0.15, -0.1) is 0 Å². The summed E-state index contributed by atoms with van der Waals surface area (Å²) in [6.45, 7) is 4.78. The van der Waals surface area contributed by atoms with Crippen LogP contribution in [0.15, 0.2) is 12.2 Å². The van der Waals surface area contributed by atoms with Crippen LogP contribution in [0.4, 0.5) is 0 Å². The molecule has 1 heterocycles. The number of hydrogen-bond donors (Lipinski definition) is 0. The Morgan fingerprint density at radius 3 is 2.44 bits per heavy atom. The fourth-order valence-corrected chi connectivity index (χ4v) is 2.79. The van der Waals surface area contributed by atoms with E-state index in [0.717, 1.165) is 0 Å². The van der Waals surface area contributed by atoms with Crippen LogP contribution in [0.1, 0.15) is 19.8 Å². The third-order valence-corrected chi connectivity index (χ3v) is 3.92. The van der Waals surface area contributed by atoms with Gasteiger partial charge in [0.1, 0.15) is 0 Å². The summed E-state index contributed by atoms with van der Waals surface area (Å²) in [4.78, 5) is 22.7. The van der Waals surface area contributed by atoms with Crippen molar-refractivity contribution in [1.29, 1.82) is 0 Å². The highest BCUT2D eigenvalue weighted by Gasteiger charge is 2.24. The maximum atomic E-state index is 11.6. The zero-order valence-electron chi connectivity index (χ0n) is 9.36. The summed E-state index contributed by atoms with van der Waals surface area (Å²) < 4.78 is 15.9. The van der Waals surface area contributed by atoms with E-state index in [1.165, 1.54) is 6.92 Å². The lowest BCUT2D eigenvalue weighted by Crippen LogP contribution is -2.28. The van der Waals surface area contributed by atoms with Crippen molar-refractivity contribution in [1.82, 2.24) is 0 Å². The molecular formula is C11H16O4S. The van der Waals surface area contributed by atoms with Crippen LogP contribution in [-0.4, -0.2) is 34.1 Å². The van der Waals surface area contributed by atoms with E-state index in [0.29, 0.717) is 24.3 Å². The molecule has 0 radical (unpaired) electrons. The Morgan fingerprint density at radius 1 is 1.38 bits per heavy atom. The first kappa shape index (κ1) is 13.1. The van der Waals surface area contributed by atoms with E-state index in [-0.39, 0.29) is 23.9 Å². The van der Waals surface area contributed by atoms with Gasteiger partial charge in [0.15, 0.2) is 12.4 Å². The molecule has 16 heavy (non-hydrogen) atoms. The summed E-state index contributed by atoms with van der Waals surface area (Å²) in [6, 6.07) is 0. The molecule has 0 aromatic heterocycles. The Balaban J connectivity index is 2.33. The molecule has 1 aliphatic rings. The lowest BCUT2D eigenvalue weighted by atomic mass is 9.98. The highest BCUT2D eigenvalue weighted by molar-refractivity contribution is 7.85. The van der Waals surface area contributed by atoms with Gasteiger partial charge in [-0.05, 0) is 19.8 Å². The average Bonchev–Trinajstić information content (AvgIpc) is 2.26. The minimum Gasteiger partial charge on any atom is -0.454 e. The predicted octanol–water partition coefficient (Wildman–Crippen LogP) is 0.833. The van der Waals surface area contributed by atoms with E-state index < -0.39 is 16.8 Å². The van der Waals surface area contributed by atoms with Gasteiger partial charge in [0.05, 0.1) is 0 Å². The van der Waals surface area contributed by atoms with Gasteiger partial charge in [-0.1, -0.05) is 6.58 Å². The van der Waals surface area contributed by atoms with Crippen molar-refractivity contribution in [2.24, 2.45) is 5.92 Å². The van der Waals surface area contributed by atoms with E-state index in [1.807, 2.05) is 0 Å².